The number of anilines is 1. The molecule has 2 aliphatic rings. The van der Waals surface area contributed by atoms with Crippen molar-refractivity contribution in [3.8, 4) is 0 Å². The van der Waals surface area contributed by atoms with Crippen molar-refractivity contribution < 1.29 is 0 Å². The van der Waals surface area contributed by atoms with Crippen LogP contribution >= 0.6 is 15.9 Å². The minimum absolute atomic E-state index is 0.0270. The van der Waals surface area contributed by atoms with E-state index in [2.05, 4.69) is 31.7 Å². The zero-order valence-electron chi connectivity index (χ0n) is 11.6. The molecule has 1 aromatic rings. The summed E-state index contributed by atoms with van der Waals surface area (Å²) in [6, 6.07) is 0.615. The Hall–Kier alpha value is -0.880. The number of nitrogens with one attached hydrogen (secondary N) is 2. The summed E-state index contributed by atoms with van der Waals surface area (Å²) in [6.45, 7) is 2.75. The van der Waals surface area contributed by atoms with Gasteiger partial charge in [-0.2, -0.15) is 5.10 Å². The molecule has 0 radical (unpaired) electrons. The third-order valence-electron chi connectivity index (χ3n) is 4.08. The smallest absolute Gasteiger partial charge is 0.283 e. The second-order valence-electron chi connectivity index (χ2n) is 5.81. The monoisotopic (exact) mass is 340 g/mol. The highest BCUT2D eigenvalue weighted by Crippen LogP contribution is 2.30. The predicted molar refractivity (Wildman–Crippen MR) is 83.1 cm³/mol. The molecule has 20 heavy (non-hydrogen) atoms. The summed E-state index contributed by atoms with van der Waals surface area (Å²) in [5.74, 6) is 0.652. The lowest BCUT2D eigenvalue weighted by Crippen LogP contribution is -2.27. The van der Waals surface area contributed by atoms with E-state index in [0.29, 0.717) is 16.4 Å². The molecule has 1 saturated carbocycles. The molecule has 6 heteroatoms. The van der Waals surface area contributed by atoms with Crippen LogP contribution in [-0.4, -0.2) is 28.9 Å². The Morgan fingerprint density at radius 3 is 3.00 bits per heavy atom. The largest absolute Gasteiger partial charge is 0.383 e. The summed E-state index contributed by atoms with van der Waals surface area (Å²) in [5, 5.41) is 11.1. The van der Waals surface area contributed by atoms with Gasteiger partial charge in [0.2, 0.25) is 0 Å². The van der Waals surface area contributed by atoms with Crippen LogP contribution in [0, 0.1) is 5.92 Å². The van der Waals surface area contributed by atoms with E-state index in [1.807, 2.05) is 0 Å². The fourth-order valence-electron chi connectivity index (χ4n) is 2.65. The van der Waals surface area contributed by atoms with Crippen LogP contribution in [0.1, 0.15) is 32.1 Å². The molecule has 110 valence electrons. The lowest BCUT2D eigenvalue weighted by molar-refractivity contribution is 0.531. The van der Waals surface area contributed by atoms with Gasteiger partial charge in [0.25, 0.3) is 5.56 Å². The molecule has 1 aromatic heterocycles. The van der Waals surface area contributed by atoms with Crippen LogP contribution in [0.2, 0.25) is 0 Å². The molecule has 1 saturated heterocycles. The van der Waals surface area contributed by atoms with Gasteiger partial charge < -0.3 is 10.6 Å². The van der Waals surface area contributed by atoms with Crippen molar-refractivity contribution in [1.29, 1.82) is 0 Å². The van der Waals surface area contributed by atoms with E-state index < -0.39 is 0 Å². The highest BCUT2D eigenvalue weighted by molar-refractivity contribution is 9.10. The van der Waals surface area contributed by atoms with Crippen LogP contribution in [0.4, 0.5) is 5.69 Å². The maximum Gasteiger partial charge on any atom is 0.283 e. The van der Waals surface area contributed by atoms with Gasteiger partial charge in [-0.3, -0.25) is 4.79 Å². The van der Waals surface area contributed by atoms with Crippen molar-refractivity contribution in [2.75, 3.05) is 18.4 Å². The molecule has 0 aromatic carbocycles. The van der Waals surface area contributed by atoms with Gasteiger partial charge in [0.05, 0.1) is 11.9 Å². The maximum absolute atomic E-state index is 12.2. The van der Waals surface area contributed by atoms with Crippen molar-refractivity contribution in [3.63, 3.8) is 0 Å². The van der Waals surface area contributed by atoms with E-state index in [1.54, 1.807) is 10.9 Å². The number of rotatable bonds is 6. The summed E-state index contributed by atoms with van der Waals surface area (Å²) < 4.78 is 2.18. The lowest BCUT2D eigenvalue weighted by Gasteiger charge is -2.13. The topological polar surface area (TPSA) is 59.0 Å². The summed E-state index contributed by atoms with van der Waals surface area (Å²) in [6.07, 6.45) is 7.81. The number of nitrogens with zero attached hydrogens (tertiary/aromatic N) is 2. The first kappa shape index (κ1) is 14.1. The number of aromatic nitrogens is 2. The second-order valence-corrected chi connectivity index (χ2v) is 6.60. The normalized spacial score (nSPS) is 22.1. The van der Waals surface area contributed by atoms with E-state index >= 15 is 0 Å². The number of hydrogen-bond acceptors (Lipinski definition) is 4. The number of halogens is 1. The van der Waals surface area contributed by atoms with E-state index in [4.69, 9.17) is 0 Å². The van der Waals surface area contributed by atoms with Gasteiger partial charge in [-0.25, -0.2) is 4.68 Å². The Bertz CT molecular complexity index is 520. The van der Waals surface area contributed by atoms with Gasteiger partial charge in [-0.1, -0.05) is 0 Å². The van der Waals surface area contributed by atoms with Crippen LogP contribution in [0.25, 0.3) is 0 Å². The maximum atomic E-state index is 12.2. The molecule has 0 amide bonds. The average molecular weight is 341 g/mol. The van der Waals surface area contributed by atoms with Crippen molar-refractivity contribution in [2.24, 2.45) is 5.92 Å². The van der Waals surface area contributed by atoms with Crippen molar-refractivity contribution >= 4 is 21.6 Å². The lowest BCUT2D eigenvalue weighted by atomic mass is 10.1. The second kappa shape index (κ2) is 6.26. The highest BCUT2D eigenvalue weighted by atomic mass is 79.9. The Morgan fingerprint density at radius 1 is 1.45 bits per heavy atom. The zero-order chi connectivity index (χ0) is 13.9. The first-order chi connectivity index (χ1) is 9.74. The molecule has 1 aliphatic carbocycles. The van der Waals surface area contributed by atoms with Gasteiger partial charge in [0.1, 0.15) is 4.47 Å². The Balaban J connectivity index is 1.58. The molecule has 0 spiro atoms. The molecule has 5 nitrogen and oxygen atoms in total. The Morgan fingerprint density at radius 2 is 2.30 bits per heavy atom. The summed E-state index contributed by atoms with van der Waals surface area (Å²) in [5.41, 5.74) is 0.779. The van der Waals surface area contributed by atoms with Crippen LogP contribution in [0.3, 0.4) is 0 Å². The van der Waals surface area contributed by atoms with Crippen LogP contribution in [-0.2, 0) is 6.54 Å². The first-order valence-corrected chi connectivity index (χ1v) is 8.26. The van der Waals surface area contributed by atoms with Crippen LogP contribution < -0.4 is 16.2 Å². The SMILES string of the molecule is O=c1c(Br)c(NCC[C@H]2CCCN2)cnn1CC1CC1. The summed E-state index contributed by atoms with van der Waals surface area (Å²) in [4.78, 5) is 12.2. The third kappa shape index (κ3) is 3.41. The average Bonchev–Trinajstić information content (AvgIpc) is 3.11. The fraction of sp³-hybridized carbons (Fsp3) is 0.714. The van der Waals surface area contributed by atoms with Crippen molar-refractivity contribution in [3.05, 3.63) is 21.0 Å². The van der Waals surface area contributed by atoms with E-state index in [-0.39, 0.29) is 5.56 Å². The minimum atomic E-state index is -0.0270. The molecule has 2 heterocycles. The van der Waals surface area contributed by atoms with Gasteiger partial charge >= 0.3 is 0 Å². The molecule has 2 N–H and O–H groups in total. The molecule has 0 unspecified atom stereocenters. The van der Waals surface area contributed by atoms with Crippen LogP contribution in [0.5, 0.6) is 0 Å². The number of hydrogen-bond donors (Lipinski definition) is 2. The van der Waals surface area contributed by atoms with E-state index in [9.17, 15) is 4.79 Å². The quantitative estimate of drug-likeness (QED) is 0.831. The van der Waals surface area contributed by atoms with Crippen molar-refractivity contribution in [1.82, 2.24) is 15.1 Å². The van der Waals surface area contributed by atoms with Gasteiger partial charge in [0, 0.05) is 19.1 Å². The van der Waals surface area contributed by atoms with Gasteiger partial charge in [-0.15, -0.1) is 0 Å². The summed E-state index contributed by atoms with van der Waals surface area (Å²) >= 11 is 3.40. The molecule has 2 fully saturated rings. The van der Waals surface area contributed by atoms with E-state index in [0.717, 1.165) is 31.7 Å². The molecular weight excluding hydrogens is 320 g/mol. The predicted octanol–water partition coefficient (Wildman–Crippen LogP) is 1.97. The van der Waals surface area contributed by atoms with E-state index in [1.165, 1.54) is 25.7 Å². The van der Waals surface area contributed by atoms with Crippen molar-refractivity contribution in [2.45, 2.75) is 44.7 Å². The molecule has 1 atom stereocenters. The molecular formula is C14H21BrN4O. The highest BCUT2D eigenvalue weighted by Gasteiger charge is 2.23. The van der Waals surface area contributed by atoms with Crippen LogP contribution in [0.15, 0.2) is 15.5 Å². The van der Waals surface area contributed by atoms with Gasteiger partial charge in [-0.05, 0) is 60.5 Å². The molecule has 1 aliphatic heterocycles. The minimum Gasteiger partial charge on any atom is -0.383 e. The zero-order valence-corrected chi connectivity index (χ0v) is 13.2. The summed E-state index contributed by atoms with van der Waals surface area (Å²) in [7, 11) is 0. The fourth-order valence-corrected chi connectivity index (χ4v) is 3.09. The molecule has 0 bridgehead atoms. The van der Waals surface area contributed by atoms with Gasteiger partial charge in [0.15, 0.2) is 0 Å². The third-order valence-corrected chi connectivity index (χ3v) is 4.85. The molecule has 3 rings (SSSR count). The standard InChI is InChI=1S/C14H21BrN4O/c15-13-12(17-7-5-11-2-1-6-16-11)8-18-19(14(13)20)9-10-3-4-10/h8,10-11,16-17H,1-7,9H2/t11-/m1/s1. The Kier molecular flexibility index (Phi) is 4.41. The first-order valence-electron chi connectivity index (χ1n) is 7.47. The Labute approximate surface area is 127 Å².